The van der Waals surface area contributed by atoms with Gasteiger partial charge in [-0.1, -0.05) is 12.1 Å². The van der Waals surface area contributed by atoms with Gasteiger partial charge in [-0.3, -0.25) is 4.79 Å². The van der Waals surface area contributed by atoms with E-state index in [0.29, 0.717) is 24.6 Å². The van der Waals surface area contributed by atoms with Gasteiger partial charge in [-0.25, -0.2) is 4.98 Å². The second kappa shape index (κ2) is 8.66. The van der Waals surface area contributed by atoms with Gasteiger partial charge in [0.05, 0.1) is 5.56 Å². The molecule has 0 fully saturated rings. The first-order chi connectivity index (χ1) is 11.1. The average molecular weight is 425 g/mol. The summed E-state index contributed by atoms with van der Waals surface area (Å²) in [6, 6.07) is 9.39. The highest BCUT2D eigenvalue weighted by molar-refractivity contribution is 14.1. The zero-order valence-electron chi connectivity index (χ0n) is 13.2. The van der Waals surface area contributed by atoms with Crippen LogP contribution in [0.15, 0.2) is 30.3 Å². The van der Waals surface area contributed by atoms with E-state index in [1.165, 1.54) is 0 Å². The molecular weight excluding hydrogens is 405 g/mol. The van der Waals surface area contributed by atoms with Crippen LogP contribution in [0.25, 0.3) is 0 Å². The predicted molar refractivity (Wildman–Crippen MR) is 101 cm³/mol. The number of nitrogens with zero attached hydrogens (tertiary/aromatic N) is 2. The Bertz CT molecular complexity index is 677. The quantitative estimate of drug-likeness (QED) is 0.470. The third-order valence-electron chi connectivity index (χ3n) is 3.02. The first kappa shape index (κ1) is 17.5. The molecule has 0 spiro atoms. The molecular formula is C16H20IN5O. The summed E-state index contributed by atoms with van der Waals surface area (Å²) < 4.78 is 0.942. The van der Waals surface area contributed by atoms with Crippen molar-refractivity contribution >= 4 is 40.3 Å². The van der Waals surface area contributed by atoms with E-state index in [0.717, 1.165) is 21.6 Å². The van der Waals surface area contributed by atoms with Gasteiger partial charge in [-0.2, -0.15) is 4.98 Å². The minimum atomic E-state index is -0.0657. The van der Waals surface area contributed by atoms with Crippen LogP contribution in [0.2, 0.25) is 0 Å². The van der Waals surface area contributed by atoms with Gasteiger partial charge in [-0.15, -0.1) is 0 Å². The zero-order chi connectivity index (χ0) is 16.7. The Hall–Kier alpha value is -1.90. The molecule has 0 saturated carbocycles. The van der Waals surface area contributed by atoms with Crippen molar-refractivity contribution in [1.29, 1.82) is 0 Å². The number of nitrogens with one attached hydrogen (secondary N) is 3. The molecule has 3 N–H and O–H groups in total. The molecule has 0 aliphatic rings. The van der Waals surface area contributed by atoms with Gasteiger partial charge in [0.1, 0.15) is 5.82 Å². The number of carbonyl (C=O) groups excluding carboxylic acids is 1. The lowest BCUT2D eigenvalue weighted by molar-refractivity contribution is 0.0954. The van der Waals surface area contributed by atoms with Crippen LogP contribution in [0.4, 0.5) is 11.8 Å². The summed E-state index contributed by atoms with van der Waals surface area (Å²) >= 11 is 2.16. The van der Waals surface area contributed by atoms with Gasteiger partial charge >= 0.3 is 0 Å². The highest BCUT2D eigenvalue weighted by atomic mass is 127. The smallest absolute Gasteiger partial charge is 0.252 e. The number of hydrogen-bond acceptors (Lipinski definition) is 5. The van der Waals surface area contributed by atoms with E-state index >= 15 is 0 Å². The van der Waals surface area contributed by atoms with Crippen LogP contribution in [0.3, 0.4) is 0 Å². The molecule has 0 radical (unpaired) electrons. The van der Waals surface area contributed by atoms with Crippen LogP contribution in [0.5, 0.6) is 0 Å². The summed E-state index contributed by atoms with van der Waals surface area (Å²) in [5, 5.41) is 9.19. The van der Waals surface area contributed by atoms with Crippen LogP contribution in [0, 0.1) is 10.5 Å². The summed E-state index contributed by atoms with van der Waals surface area (Å²) in [5.41, 5.74) is 1.58. The molecule has 0 saturated heterocycles. The number of carbonyl (C=O) groups is 1. The second-order valence-electron chi connectivity index (χ2n) is 4.91. The molecule has 0 aliphatic carbocycles. The van der Waals surface area contributed by atoms with Gasteiger partial charge in [-0.05, 0) is 48.6 Å². The SMILES string of the molecule is CCNc1nc(C)cc(NCCNC(=O)c2ccccc2I)n1. The van der Waals surface area contributed by atoms with E-state index < -0.39 is 0 Å². The van der Waals surface area contributed by atoms with E-state index in [-0.39, 0.29) is 5.91 Å². The minimum Gasteiger partial charge on any atom is -0.368 e. The van der Waals surface area contributed by atoms with Crippen molar-refractivity contribution in [3.8, 4) is 0 Å². The normalized spacial score (nSPS) is 10.2. The molecule has 122 valence electrons. The lowest BCUT2D eigenvalue weighted by atomic mass is 10.2. The highest BCUT2D eigenvalue weighted by Crippen LogP contribution is 2.11. The fourth-order valence-electron chi connectivity index (χ4n) is 2.00. The van der Waals surface area contributed by atoms with Crippen molar-refractivity contribution in [1.82, 2.24) is 15.3 Å². The van der Waals surface area contributed by atoms with Crippen molar-refractivity contribution in [3.05, 3.63) is 45.2 Å². The fourth-order valence-corrected chi connectivity index (χ4v) is 2.64. The molecule has 1 heterocycles. The van der Waals surface area contributed by atoms with Crippen molar-refractivity contribution in [2.75, 3.05) is 30.3 Å². The number of rotatable bonds is 7. The van der Waals surface area contributed by atoms with Crippen molar-refractivity contribution in [2.24, 2.45) is 0 Å². The maximum absolute atomic E-state index is 12.1. The van der Waals surface area contributed by atoms with Gasteiger partial charge in [0.25, 0.3) is 5.91 Å². The fraction of sp³-hybridized carbons (Fsp3) is 0.312. The third-order valence-corrected chi connectivity index (χ3v) is 3.96. The van der Waals surface area contributed by atoms with Crippen LogP contribution in [-0.2, 0) is 0 Å². The average Bonchev–Trinajstić information content (AvgIpc) is 2.51. The van der Waals surface area contributed by atoms with E-state index in [1.807, 2.05) is 44.2 Å². The molecule has 7 heteroatoms. The Morgan fingerprint density at radius 3 is 2.70 bits per heavy atom. The molecule has 6 nitrogen and oxygen atoms in total. The van der Waals surface area contributed by atoms with Gasteiger partial charge in [0.15, 0.2) is 0 Å². The van der Waals surface area contributed by atoms with Crippen LogP contribution < -0.4 is 16.0 Å². The Morgan fingerprint density at radius 2 is 1.96 bits per heavy atom. The topological polar surface area (TPSA) is 78.9 Å². The summed E-state index contributed by atoms with van der Waals surface area (Å²) in [7, 11) is 0. The molecule has 23 heavy (non-hydrogen) atoms. The zero-order valence-corrected chi connectivity index (χ0v) is 15.3. The monoisotopic (exact) mass is 425 g/mol. The Kier molecular flexibility index (Phi) is 6.57. The van der Waals surface area contributed by atoms with Crippen molar-refractivity contribution in [2.45, 2.75) is 13.8 Å². The molecule has 0 aliphatic heterocycles. The maximum atomic E-state index is 12.1. The number of benzene rings is 1. The van der Waals surface area contributed by atoms with Gasteiger partial charge in [0, 0.05) is 35.0 Å². The highest BCUT2D eigenvalue weighted by Gasteiger charge is 2.08. The lowest BCUT2D eigenvalue weighted by Gasteiger charge is -2.10. The second-order valence-corrected chi connectivity index (χ2v) is 6.07. The van der Waals surface area contributed by atoms with Crippen molar-refractivity contribution < 1.29 is 4.79 Å². The van der Waals surface area contributed by atoms with Crippen LogP contribution in [0.1, 0.15) is 23.0 Å². The summed E-state index contributed by atoms with van der Waals surface area (Å²) in [5.74, 6) is 1.29. The molecule has 2 aromatic rings. The molecule has 0 atom stereocenters. The Labute approximate surface area is 149 Å². The first-order valence-electron chi connectivity index (χ1n) is 7.46. The standard InChI is InChI=1S/C16H20IN5O/c1-3-18-16-21-11(2)10-14(22-16)19-8-9-20-15(23)12-6-4-5-7-13(12)17/h4-7,10H,3,8-9H2,1-2H3,(H,20,23)(H2,18,19,21,22). The summed E-state index contributed by atoms with van der Waals surface area (Å²) in [6.45, 7) is 5.81. The largest absolute Gasteiger partial charge is 0.368 e. The molecule has 2 rings (SSSR count). The van der Waals surface area contributed by atoms with E-state index in [2.05, 4.69) is 48.5 Å². The van der Waals surface area contributed by atoms with Crippen LogP contribution in [-0.4, -0.2) is 35.5 Å². The van der Waals surface area contributed by atoms with E-state index in [1.54, 1.807) is 0 Å². The van der Waals surface area contributed by atoms with E-state index in [9.17, 15) is 4.79 Å². The Morgan fingerprint density at radius 1 is 1.17 bits per heavy atom. The summed E-state index contributed by atoms with van der Waals surface area (Å²) in [4.78, 5) is 20.8. The molecule has 1 aromatic carbocycles. The number of anilines is 2. The maximum Gasteiger partial charge on any atom is 0.252 e. The molecule has 1 amide bonds. The number of amides is 1. The lowest BCUT2D eigenvalue weighted by Crippen LogP contribution is -2.29. The predicted octanol–water partition coefficient (Wildman–Crippen LogP) is 2.66. The van der Waals surface area contributed by atoms with E-state index in [4.69, 9.17) is 0 Å². The molecule has 0 bridgehead atoms. The van der Waals surface area contributed by atoms with Gasteiger partial charge < -0.3 is 16.0 Å². The first-order valence-corrected chi connectivity index (χ1v) is 8.54. The number of aromatic nitrogens is 2. The number of hydrogen-bond donors (Lipinski definition) is 3. The van der Waals surface area contributed by atoms with Gasteiger partial charge in [0.2, 0.25) is 5.95 Å². The number of aryl methyl sites for hydroxylation is 1. The number of halogens is 1. The molecule has 0 unspecified atom stereocenters. The minimum absolute atomic E-state index is 0.0657. The molecule has 1 aromatic heterocycles. The summed E-state index contributed by atoms with van der Waals surface area (Å²) in [6.07, 6.45) is 0. The third kappa shape index (κ3) is 5.34. The van der Waals surface area contributed by atoms with Crippen LogP contribution >= 0.6 is 22.6 Å². The Balaban J connectivity index is 1.84. The van der Waals surface area contributed by atoms with Crippen molar-refractivity contribution in [3.63, 3.8) is 0 Å².